The lowest BCUT2D eigenvalue weighted by Crippen LogP contribution is -2.38. The molecule has 22 heavy (non-hydrogen) atoms. The van der Waals surface area contributed by atoms with Crippen LogP contribution in [0.5, 0.6) is 0 Å². The topological polar surface area (TPSA) is 78.1 Å². The van der Waals surface area contributed by atoms with Crippen molar-refractivity contribution in [2.24, 2.45) is 0 Å². The largest absolute Gasteiger partial charge is 0.275 e. The molecule has 0 aliphatic rings. The molecule has 0 saturated heterocycles. The quantitative estimate of drug-likeness (QED) is 0.662. The Bertz CT molecular complexity index is 1040. The second kappa shape index (κ2) is 4.25. The van der Waals surface area contributed by atoms with Crippen LogP contribution in [0.25, 0.3) is 21.5 Å². The number of hydrogen-bond donors (Lipinski definition) is 0. The molecule has 0 bridgehead atoms. The van der Waals surface area contributed by atoms with E-state index in [-0.39, 0.29) is 28.1 Å². The predicted molar refractivity (Wildman–Crippen MR) is 85.6 cm³/mol. The number of nitrogens with zero attached hydrogens (tertiary/aromatic N) is 2. The zero-order valence-electron chi connectivity index (χ0n) is 12.9. The van der Waals surface area contributed by atoms with Crippen LogP contribution in [-0.4, -0.2) is 9.13 Å². The van der Waals surface area contributed by atoms with Crippen LogP contribution >= 0.6 is 0 Å². The van der Waals surface area contributed by atoms with Crippen molar-refractivity contribution < 1.29 is 0 Å². The zero-order chi connectivity index (χ0) is 16.4. The van der Waals surface area contributed by atoms with Gasteiger partial charge in [-0.2, -0.15) is 0 Å². The molecule has 3 rings (SSSR count). The van der Waals surface area contributed by atoms with Crippen molar-refractivity contribution in [3.05, 3.63) is 53.5 Å². The molecule has 2 heterocycles. The minimum Gasteiger partial charge on any atom is -0.275 e. The summed E-state index contributed by atoms with van der Waals surface area (Å²) in [7, 11) is 0. The predicted octanol–water partition coefficient (Wildman–Crippen LogP) is 0.687. The third-order valence-corrected chi connectivity index (χ3v) is 3.96. The van der Waals surface area contributed by atoms with Gasteiger partial charge in [0, 0.05) is 12.1 Å². The standard InChI is InChI=1S/C16H16N2O4/c1-5-17-12(19)8-6-10-11(7-9(8)13(17)20)15(22)18(14(10)21)16(2,3)4/h6-7H,5H2,1-4H3. The average molecular weight is 300 g/mol. The Labute approximate surface area is 124 Å². The van der Waals surface area contributed by atoms with Crippen molar-refractivity contribution in [2.45, 2.75) is 39.8 Å². The first-order chi connectivity index (χ1) is 10.2. The second-order valence-corrected chi connectivity index (χ2v) is 6.41. The Hall–Kier alpha value is -2.50. The summed E-state index contributed by atoms with van der Waals surface area (Å²) in [4.78, 5) is 49.4. The zero-order valence-corrected chi connectivity index (χ0v) is 12.9. The Morgan fingerprint density at radius 2 is 1.14 bits per heavy atom. The maximum absolute atomic E-state index is 12.5. The fraction of sp³-hybridized carbons (Fsp3) is 0.375. The summed E-state index contributed by atoms with van der Waals surface area (Å²) in [6, 6.07) is 2.76. The van der Waals surface area contributed by atoms with Gasteiger partial charge in [-0.3, -0.25) is 28.3 Å². The maximum Gasteiger partial charge on any atom is 0.262 e. The van der Waals surface area contributed by atoms with Crippen LogP contribution in [0.1, 0.15) is 27.7 Å². The van der Waals surface area contributed by atoms with Gasteiger partial charge in [0.15, 0.2) is 0 Å². The molecule has 0 N–H and O–H groups in total. The molecule has 0 radical (unpaired) electrons. The van der Waals surface area contributed by atoms with Gasteiger partial charge in [-0.25, -0.2) is 0 Å². The van der Waals surface area contributed by atoms with Crippen molar-refractivity contribution >= 4 is 21.5 Å². The molecule has 0 amide bonds. The number of hydrogen-bond acceptors (Lipinski definition) is 4. The van der Waals surface area contributed by atoms with E-state index in [1.54, 1.807) is 27.7 Å². The molecule has 3 aromatic rings. The molecular formula is C16H16N2O4. The Morgan fingerprint density at radius 1 is 0.773 bits per heavy atom. The summed E-state index contributed by atoms with van der Waals surface area (Å²) in [5.74, 6) is 0. The first-order valence-corrected chi connectivity index (χ1v) is 7.11. The van der Waals surface area contributed by atoms with Crippen molar-refractivity contribution in [3.8, 4) is 0 Å². The first kappa shape index (κ1) is 14.4. The van der Waals surface area contributed by atoms with Gasteiger partial charge in [0.25, 0.3) is 22.2 Å². The molecule has 0 unspecified atom stereocenters. The van der Waals surface area contributed by atoms with Gasteiger partial charge < -0.3 is 0 Å². The summed E-state index contributed by atoms with van der Waals surface area (Å²) in [5, 5.41) is 0.778. The SMILES string of the molecule is CCn1c(=O)c2cc3c(=O)n(C(C)(C)C)c(=O)c3cc2c1=O. The van der Waals surface area contributed by atoms with E-state index in [4.69, 9.17) is 0 Å². The molecule has 114 valence electrons. The average Bonchev–Trinajstić information content (AvgIpc) is 2.81. The molecule has 0 atom stereocenters. The first-order valence-electron chi connectivity index (χ1n) is 7.11. The van der Waals surface area contributed by atoms with E-state index >= 15 is 0 Å². The molecule has 0 aliphatic carbocycles. The number of benzene rings is 1. The molecule has 0 aliphatic heterocycles. The van der Waals surface area contributed by atoms with Crippen LogP contribution in [0.4, 0.5) is 0 Å². The third-order valence-electron chi connectivity index (χ3n) is 3.96. The molecule has 6 nitrogen and oxygen atoms in total. The van der Waals surface area contributed by atoms with Crippen molar-refractivity contribution in [2.75, 3.05) is 0 Å². The lowest BCUT2D eigenvalue weighted by atomic mass is 10.1. The molecule has 0 fully saturated rings. The molecule has 6 heteroatoms. The normalized spacial score (nSPS) is 12.5. The highest BCUT2D eigenvalue weighted by molar-refractivity contribution is 5.97. The van der Waals surface area contributed by atoms with Crippen LogP contribution in [0, 0.1) is 0 Å². The number of aromatic nitrogens is 2. The molecular weight excluding hydrogens is 284 g/mol. The minimum absolute atomic E-state index is 0.192. The van der Waals surface area contributed by atoms with E-state index in [1.807, 2.05) is 0 Å². The second-order valence-electron chi connectivity index (χ2n) is 6.41. The lowest BCUT2D eigenvalue weighted by Gasteiger charge is -2.18. The molecule has 1 aromatic carbocycles. The van der Waals surface area contributed by atoms with Gasteiger partial charge in [0.1, 0.15) is 0 Å². The van der Waals surface area contributed by atoms with E-state index < -0.39 is 27.8 Å². The Balaban J connectivity index is 2.60. The van der Waals surface area contributed by atoms with Crippen LogP contribution < -0.4 is 22.2 Å². The van der Waals surface area contributed by atoms with E-state index in [0.29, 0.717) is 0 Å². The monoisotopic (exact) mass is 300 g/mol. The number of rotatable bonds is 1. The van der Waals surface area contributed by atoms with Crippen molar-refractivity contribution in [3.63, 3.8) is 0 Å². The van der Waals surface area contributed by atoms with Gasteiger partial charge in [0.05, 0.1) is 21.5 Å². The summed E-state index contributed by atoms with van der Waals surface area (Å²) >= 11 is 0. The van der Waals surface area contributed by atoms with Gasteiger partial charge in [-0.05, 0) is 39.8 Å². The summed E-state index contributed by atoms with van der Waals surface area (Å²) in [5.41, 5.74) is -2.35. The fourth-order valence-electron chi connectivity index (χ4n) is 2.92. The summed E-state index contributed by atoms with van der Waals surface area (Å²) < 4.78 is 2.27. The lowest BCUT2D eigenvalue weighted by molar-refractivity contribution is 0.380. The van der Waals surface area contributed by atoms with E-state index in [2.05, 4.69) is 0 Å². The fourth-order valence-corrected chi connectivity index (χ4v) is 2.92. The van der Waals surface area contributed by atoms with Gasteiger partial charge >= 0.3 is 0 Å². The summed E-state index contributed by atoms with van der Waals surface area (Å²) in [6.45, 7) is 7.24. The van der Waals surface area contributed by atoms with Crippen molar-refractivity contribution in [1.29, 1.82) is 0 Å². The minimum atomic E-state index is -0.666. The van der Waals surface area contributed by atoms with Crippen LogP contribution in [0.2, 0.25) is 0 Å². The van der Waals surface area contributed by atoms with Gasteiger partial charge in [-0.1, -0.05) is 0 Å². The highest BCUT2D eigenvalue weighted by atomic mass is 16.2. The van der Waals surface area contributed by atoms with E-state index in [0.717, 1.165) is 4.57 Å². The van der Waals surface area contributed by atoms with Crippen molar-refractivity contribution in [1.82, 2.24) is 9.13 Å². The molecule has 0 spiro atoms. The smallest absolute Gasteiger partial charge is 0.262 e. The van der Waals surface area contributed by atoms with Crippen LogP contribution in [0.3, 0.4) is 0 Å². The summed E-state index contributed by atoms with van der Waals surface area (Å²) in [6.07, 6.45) is 0. The highest BCUT2D eigenvalue weighted by Crippen LogP contribution is 2.17. The highest BCUT2D eigenvalue weighted by Gasteiger charge is 2.24. The molecule has 0 saturated carbocycles. The maximum atomic E-state index is 12.5. The van der Waals surface area contributed by atoms with E-state index in [1.165, 1.54) is 16.7 Å². The van der Waals surface area contributed by atoms with Gasteiger partial charge in [0.2, 0.25) is 0 Å². The van der Waals surface area contributed by atoms with E-state index in [9.17, 15) is 19.2 Å². The molecule has 2 aromatic heterocycles. The Kier molecular flexibility index (Phi) is 2.79. The van der Waals surface area contributed by atoms with Crippen LogP contribution in [-0.2, 0) is 12.1 Å². The number of fused-ring (bicyclic) bond motifs is 2. The Morgan fingerprint density at radius 3 is 1.45 bits per heavy atom. The third kappa shape index (κ3) is 1.66. The van der Waals surface area contributed by atoms with Crippen LogP contribution in [0.15, 0.2) is 31.3 Å². The van der Waals surface area contributed by atoms with Gasteiger partial charge in [-0.15, -0.1) is 0 Å².